The first-order valence-corrected chi connectivity index (χ1v) is 8.87. The minimum Gasteiger partial charge on any atom is -0.457 e. The molecule has 150 valence electrons. The minimum absolute atomic E-state index is 0.373. The predicted octanol–water partition coefficient (Wildman–Crippen LogP) is 6.76. The zero-order chi connectivity index (χ0) is 21.8. The van der Waals surface area contributed by atoms with Crippen LogP contribution in [0.5, 0.6) is 0 Å². The molecule has 0 saturated heterocycles. The molecule has 3 heteroatoms. The highest BCUT2D eigenvalue weighted by molar-refractivity contribution is 5.81. The van der Waals surface area contributed by atoms with Gasteiger partial charge in [-0.2, -0.15) is 0 Å². The highest BCUT2D eigenvalue weighted by Gasteiger charge is 2.12. The average Bonchev–Trinajstić information content (AvgIpc) is 2.69. The summed E-state index contributed by atoms with van der Waals surface area (Å²) in [5.74, 6) is -0.373. The zero-order valence-corrected chi connectivity index (χ0v) is 17.6. The third-order valence-corrected chi connectivity index (χ3v) is 2.51. The van der Waals surface area contributed by atoms with E-state index in [9.17, 15) is 4.79 Å². The third-order valence-electron chi connectivity index (χ3n) is 2.51. The molecule has 0 amide bonds. The Bertz CT molecular complexity index is 640. The van der Waals surface area contributed by atoms with Gasteiger partial charge in [0.15, 0.2) is 0 Å². The predicted molar refractivity (Wildman–Crippen MR) is 123 cm³/mol. The van der Waals surface area contributed by atoms with E-state index >= 15 is 0 Å². The van der Waals surface area contributed by atoms with Crippen molar-refractivity contribution in [3.8, 4) is 0 Å². The molecular weight excluding hydrogens is 346 g/mol. The van der Waals surface area contributed by atoms with E-state index in [2.05, 4.69) is 31.3 Å². The summed E-state index contributed by atoms with van der Waals surface area (Å²) in [6, 6.07) is 15.8. The fourth-order valence-electron chi connectivity index (χ4n) is 1.43. The first-order chi connectivity index (χ1) is 13.2. The van der Waals surface area contributed by atoms with Crippen LogP contribution in [0.1, 0.15) is 39.0 Å². The number of ether oxygens (including phenoxy) is 1. The smallest absolute Gasteiger partial charge is 0.330 e. The molecule has 1 aromatic heterocycles. The molecule has 3 nitrogen and oxygen atoms in total. The number of allylic oxidation sites excluding steroid dienone is 1. The normalized spacial score (nSPS) is 8.71. The van der Waals surface area contributed by atoms with Crippen LogP contribution < -0.4 is 0 Å². The lowest BCUT2D eigenvalue weighted by Crippen LogP contribution is -2.22. The summed E-state index contributed by atoms with van der Waals surface area (Å²) in [5, 5.41) is 0. The van der Waals surface area contributed by atoms with E-state index < -0.39 is 5.60 Å². The molecule has 0 aliphatic heterocycles. The molecule has 0 saturated carbocycles. The molecule has 0 atom stereocenters. The Hall–Kier alpha value is -3.20. The number of hydrogen-bond donors (Lipinski definition) is 0. The Morgan fingerprint density at radius 3 is 1.71 bits per heavy atom. The van der Waals surface area contributed by atoms with Crippen molar-refractivity contribution in [3.05, 3.63) is 104 Å². The van der Waals surface area contributed by atoms with Crippen molar-refractivity contribution in [2.75, 3.05) is 0 Å². The van der Waals surface area contributed by atoms with Crippen molar-refractivity contribution in [1.29, 1.82) is 0 Å². The van der Waals surface area contributed by atoms with Crippen molar-refractivity contribution in [2.45, 2.75) is 33.3 Å². The number of carbonyl (C=O) groups excluding carboxylic acids is 1. The monoisotopic (exact) mass is 379 g/mol. The van der Waals surface area contributed by atoms with Gasteiger partial charge >= 0.3 is 5.97 Å². The number of hydrogen-bond acceptors (Lipinski definition) is 3. The van der Waals surface area contributed by atoms with Crippen LogP contribution >= 0.6 is 0 Å². The molecule has 2 aromatic rings. The van der Waals surface area contributed by atoms with E-state index in [1.54, 1.807) is 18.3 Å². The summed E-state index contributed by atoms with van der Waals surface area (Å²) in [6.45, 7) is 21.2. The number of nitrogens with zero attached hydrogens (tertiary/aromatic N) is 1. The summed E-state index contributed by atoms with van der Waals surface area (Å²) in [6.07, 6.45) is 8.21. The standard InChI is InChI=1S/C8H8.C7H7N.C7H12O2.C3H6/c1-2-8-6-4-3-5-7-8;1-2-7-5-3-4-6-8-7;1-5-6(8)9-7(2,3)4;1-3-2/h2-7H,1H2;2-6H,1H2;5H,1H2,2-4H3;3H,1H2,2H3. The topological polar surface area (TPSA) is 39.2 Å². The second-order valence-corrected chi connectivity index (χ2v) is 6.22. The second kappa shape index (κ2) is 17.2. The van der Waals surface area contributed by atoms with E-state index in [0.717, 1.165) is 11.8 Å². The maximum Gasteiger partial charge on any atom is 0.330 e. The van der Waals surface area contributed by atoms with Crippen LogP contribution in [0.4, 0.5) is 0 Å². The molecular formula is C25H33NO2. The Morgan fingerprint density at radius 2 is 1.46 bits per heavy atom. The van der Waals surface area contributed by atoms with Gasteiger partial charge in [-0.1, -0.05) is 68.3 Å². The lowest BCUT2D eigenvalue weighted by atomic mass is 10.2. The molecule has 0 unspecified atom stereocenters. The largest absolute Gasteiger partial charge is 0.457 e. The highest BCUT2D eigenvalue weighted by atomic mass is 16.6. The molecule has 0 fully saturated rings. The number of esters is 1. The SMILES string of the molecule is C=CC.C=CC(=O)OC(C)(C)C.C=Cc1ccccc1.C=Cc1ccccn1. The van der Waals surface area contributed by atoms with Crippen LogP contribution in [0.2, 0.25) is 0 Å². The van der Waals surface area contributed by atoms with Gasteiger partial charge in [0.1, 0.15) is 5.60 Å². The first-order valence-electron chi connectivity index (χ1n) is 8.87. The van der Waals surface area contributed by atoms with E-state index in [-0.39, 0.29) is 5.97 Å². The Kier molecular flexibility index (Phi) is 16.6. The van der Waals surface area contributed by atoms with Crippen LogP contribution in [0.3, 0.4) is 0 Å². The molecule has 0 aliphatic rings. The Balaban J connectivity index is 0. The van der Waals surface area contributed by atoms with Gasteiger partial charge in [-0.3, -0.25) is 4.98 Å². The Morgan fingerprint density at radius 1 is 0.929 bits per heavy atom. The molecule has 2 rings (SSSR count). The summed E-state index contributed by atoms with van der Waals surface area (Å²) in [7, 11) is 0. The second-order valence-electron chi connectivity index (χ2n) is 6.22. The zero-order valence-electron chi connectivity index (χ0n) is 17.6. The Labute approximate surface area is 170 Å². The van der Waals surface area contributed by atoms with E-state index in [1.165, 1.54) is 5.56 Å². The summed E-state index contributed by atoms with van der Waals surface area (Å²) in [5.41, 5.74) is 1.70. The summed E-state index contributed by atoms with van der Waals surface area (Å²) >= 11 is 0. The van der Waals surface area contributed by atoms with Gasteiger partial charge in [-0.05, 0) is 51.5 Å². The average molecular weight is 380 g/mol. The van der Waals surface area contributed by atoms with Gasteiger partial charge in [-0.15, -0.1) is 6.58 Å². The molecule has 1 heterocycles. The molecule has 0 bridgehead atoms. The third kappa shape index (κ3) is 19.1. The highest BCUT2D eigenvalue weighted by Crippen LogP contribution is 2.06. The van der Waals surface area contributed by atoms with Gasteiger partial charge < -0.3 is 4.74 Å². The van der Waals surface area contributed by atoms with Crippen molar-refractivity contribution < 1.29 is 9.53 Å². The number of carbonyl (C=O) groups is 1. The molecule has 0 N–H and O–H groups in total. The molecule has 0 radical (unpaired) electrons. The number of benzene rings is 1. The number of pyridine rings is 1. The first kappa shape index (κ1) is 27.0. The number of aromatic nitrogens is 1. The van der Waals surface area contributed by atoms with Crippen molar-refractivity contribution in [1.82, 2.24) is 4.98 Å². The van der Waals surface area contributed by atoms with E-state index in [0.29, 0.717) is 0 Å². The van der Waals surface area contributed by atoms with Crippen LogP contribution in [0.25, 0.3) is 12.2 Å². The minimum atomic E-state index is -0.398. The van der Waals surface area contributed by atoms with Gasteiger partial charge in [0.2, 0.25) is 0 Å². The molecule has 0 spiro atoms. The number of rotatable bonds is 3. The lowest BCUT2D eigenvalue weighted by Gasteiger charge is -2.17. The van der Waals surface area contributed by atoms with Crippen LogP contribution in [0.15, 0.2) is 93.2 Å². The van der Waals surface area contributed by atoms with Crippen LogP contribution in [-0.4, -0.2) is 16.6 Å². The molecule has 0 aliphatic carbocycles. The van der Waals surface area contributed by atoms with E-state index in [1.807, 2.05) is 82.3 Å². The maximum absolute atomic E-state index is 10.5. The molecule has 28 heavy (non-hydrogen) atoms. The quantitative estimate of drug-likeness (QED) is 0.336. The van der Waals surface area contributed by atoms with E-state index in [4.69, 9.17) is 4.74 Å². The van der Waals surface area contributed by atoms with Crippen molar-refractivity contribution in [2.24, 2.45) is 0 Å². The van der Waals surface area contributed by atoms with Crippen LogP contribution in [-0.2, 0) is 9.53 Å². The summed E-state index contributed by atoms with van der Waals surface area (Å²) < 4.78 is 4.83. The summed E-state index contributed by atoms with van der Waals surface area (Å²) in [4.78, 5) is 14.5. The van der Waals surface area contributed by atoms with Crippen molar-refractivity contribution >= 4 is 18.1 Å². The van der Waals surface area contributed by atoms with Crippen molar-refractivity contribution in [3.63, 3.8) is 0 Å². The maximum atomic E-state index is 10.5. The van der Waals surface area contributed by atoms with Crippen LogP contribution in [0, 0.1) is 0 Å². The van der Waals surface area contributed by atoms with Gasteiger partial charge in [0.25, 0.3) is 0 Å². The fourth-order valence-corrected chi connectivity index (χ4v) is 1.43. The fraction of sp³-hybridized carbons (Fsp3) is 0.200. The van der Waals surface area contributed by atoms with Gasteiger partial charge in [0, 0.05) is 12.3 Å². The lowest BCUT2D eigenvalue weighted by molar-refractivity contribution is -0.148. The van der Waals surface area contributed by atoms with Gasteiger partial charge in [-0.25, -0.2) is 4.79 Å². The molecule has 1 aromatic carbocycles. The van der Waals surface area contributed by atoms with Gasteiger partial charge in [0.05, 0.1) is 5.69 Å².